The summed E-state index contributed by atoms with van der Waals surface area (Å²) in [4.78, 5) is 1.21. The Hall–Kier alpha value is -3.43. The maximum Gasteiger partial charge on any atom is 0.205 e. The number of hydrogen-bond donors (Lipinski definition) is 2. The number of nitrogens with one attached hydrogen (secondary N) is 1. The van der Waals surface area contributed by atoms with Crippen LogP contribution in [0, 0.1) is 23.0 Å². The monoisotopic (exact) mass is 420 g/mol. The lowest BCUT2D eigenvalue weighted by Gasteiger charge is -2.37. The lowest BCUT2D eigenvalue weighted by Crippen LogP contribution is -3.16. The van der Waals surface area contributed by atoms with Gasteiger partial charge < -0.3 is 15.4 Å². The molecule has 0 spiro atoms. The summed E-state index contributed by atoms with van der Waals surface area (Å²) in [6.45, 7) is 5.36. The molecule has 0 aromatic heterocycles. The summed E-state index contributed by atoms with van der Waals surface area (Å²) in [5, 5.41) is 9.80. The van der Waals surface area contributed by atoms with E-state index in [1.165, 1.54) is 17.0 Å². The summed E-state index contributed by atoms with van der Waals surface area (Å²) >= 11 is 0. The Morgan fingerprint density at radius 1 is 1.10 bits per heavy atom. The molecule has 0 bridgehead atoms. The molecule has 0 saturated heterocycles. The number of nitriles is 1. The van der Waals surface area contributed by atoms with E-state index < -0.39 is 11.7 Å². The van der Waals surface area contributed by atoms with E-state index in [0.717, 1.165) is 11.1 Å². The van der Waals surface area contributed by atoms with Crippen molar-refractivity contribution >= 4 is 6.08 Å². The van der Waals surface area contributed by atoms with Gasteiger partial charge in [0.2, 0.25) is 5.88 Å². The first-order valence-electron chi connectivity index (χ1n) is 10.3. The second-order valence-electron chi connectivity index (χ2n) is 8.16. The smallest absolute Gasteiger partial charge is 0.205 e. The predicted molar refractivity (Wildman–Crippen MR) is 114 cm³/mol. The van der Waals surface area contributed by atoms with Crippen LogP contribution in [0.4, 0.5) is 8.78 Å². The van der Waals surface area contributed by atoms with Gasteiger partial charge in [0.15, 0.2) is 0 Å². The molecule has 0 amide bonds. The molecule has 4 rings (SSSR count). The second-order valence-corrected chi connectivity index (χ2v) is 8.16. The summed E-state index contributed by atoms with van der Waals surface area (Å²) < 4.78 is 35.1. The molecule has 1 unspecified atom stereocenters. The van der Waals surface area contributed by atoms with Crippen molar-refractivity contribution in [3.8, 4) is 6.07 Å². The first-order valence-corrected chi connectivity index (χ1v) is 10.3. The lowest BCUT2D eigenvalue weighted by molar-refractivity contribution is -0.913. The highest BCUT2D eigenvalue weighted by Crippen LogP contribution is 2.42. The third-order valence-corrected chi connectivity index (χ3v) is 5.92. The highest BCUT2D eigenvalue weighted by Gasteiger charge is 2.41. The number of rotatable bonds is 3. The van der Waals surface area contributed by atoms with Gasteiger partial charge in [-0.1, -0.05) is 36.4 Å². The number of ether oxygens (including phenoxy) is 1. The highest BCUT2D eigenvalue weighted by molar-refractivity contribution is 5.62. The van der Waals surface area contributed by atoms with Crippen LogP contribution in [0.2, 0.25) is 0 Å². The fourth-order valence-electron chi connectivity index (χ4n) is 4.24. The van der Waals surface area contributed by atoms with Crippen molar-refractivity contribution in [2.45, 2.75) is 25.8 Å². The molecule has 2 aliphatic rings. The highest BCUT2D eigenvalue weighted by atomic mass is 19.1. The van der Waals surface area contributed by atoms with Crippen LogP contribution in [-0.4, -0.2) is 19.1 Å². The van der Waals surface area contributed by atoms with Crippen LogP contribution in [0.15, 0.2) is 76.9 Å². The van der Waals surface area contributed by atoms with E-state index in [9.17, 15) is 14.0 Å². The standard InChI is InChI=1S/C25H23F2N3O/c1-15(2)30-13-17(11-16-7-3-5-9-21(16)26)24-20(14-30)23(19(12-28)25(29)31-24)18-8-4-6-10-22(18)27/h3-11,15,23H,13-14,29H2,1-2H3/p+1/b17-11+/t23-/m1/s1. The van der Waals surface area contributed by atoms with Crippen LogP contribution in [0.25, 0.3) is 6.08 Å². The van der Waals surface area contributed by atoms with Crippen molar-refractivity contribution in [1.82, 2.24) is 0 Å². The maximum atomic E-state index is 14.8. The van der Waals surface area contributed by atoms with Crippen molar-refractivity contribution in [2.75, 3.05) is 13.1 Å². The Bertz CT molecular complexity index is 1160. The number of halogens is 2. The second kappa shape index (κ2) is 8.37. The molecule has 2 atom stereocenters. The molecule has 31 heavy (non-hydrogen) atoms. The summed E-state index contributed by atoms with van der Waals surface area (Å²) in [7, 11) is 0. The van der Waals surface area contributed by atoms with Crippen LogP contribution in [0.5, 0.6) is 0 Å². The van der Waals surface area contributed by atoms with E-state index in [-0.39, 0.29) is 23.3 Å². The van der Waals surface area contributed by atoms with Crippen LogP contribution >= 0.6 is 0 Å². The fraction of sp³-hybridized carbons (Fsp3) is 0.240. The number of nitrogens with two attached hydrogens (primary N) is 1. The van der Waals surface area contributed by atoms with Crippen LogP contribution in [0.1, 0.15) is 30.9 Å². The van der Waals surface area contributed by atoms with Crippen molar-refractivity contribution in [1.29, 1.82) is 5.26 Å². The summed E-state index contributed by atoms with van der Waals surface area (Å²) in [5.41, 5.74) is 8.70. The summed E-state index contributed by atoms with van der Waals surface area (Å²) in [5.74, 6) is -0.915. The molecular weight excluding hydrogens is 396 g/mol. The summed E-state index contributed by atoms with van der Waals surface area (Å²) in [6.07, 6.45) is 1.76. The van der Waals surface area contributed by atoms with E-state index in [4.69, 9.17) is 10.5 Å². The number of benzene rings is 2. The van der Waals surface area contributed by atoms with Gasteiger partial charge in [0.1, 0.15) is 42.1 Å². The van der Waals surface area contributed by atoms with Gasteiger partial charge in [0, 0.05) is 22.3 Å². The molecule has 6 heteroatoms. The molecule has 2 aliphatic heterocycles. The van der Waals surface area contributed by atoms with Gasteiger partial charge in [0.05, 0.1) is 12.0 Å². The van der Waals surface area contributed by atoms with Crippen molar-refractivity contribution < 1.29 is 18.4 Å². The van der Waals surface area contributed by atoms with Crippen molar-refractivity contribution in [2.24, 2.45) is 5.73 Å². The minimum absolute atomic E-state index is 0.0399. The Morgan fingerprint density at radius 3 is 2.42 bits per heavy atom. The van der Waals surface area contributed by atoms with Crippen LogP contribution in [0.3, 0.4) is 0 Å². The molecule has 158 valence electrons. The van der Waals surface area contributed by atoms with Gasteiger partial charge in [-0.2, -0.15) is 5.26 Å². The molecule has 0 radical (unpaired) electrons. The van der Waals surface area contributed by atoms with E-state index in [2.05, 4.69) is 19.9 Å². The summed E-state index contributed by atoms with van der Waals surface area (Å²) in [6, 6.07) is 15.3. The Balaban J connectivity index is 1.93. The molecule has 0 saturated carbocycles. The predicted octanol–water partition coefficient (Wildman–Crippen LogP) is 3.42. The molecule has 2 aromatic rings. The first kappa shape index (κ1) is 20.8. The topological polar surface area (TPSA) is 63.5 Å². The largest absolute Gasteiger partial charge is 0.440 e. The Labute approximate surface area is 180 Å². The Kier molecular flexibility index (Phi) is 5.62. The van der Waals surface area contributed by atoms with Gasteiger partial charge >= 0.3 is 0 Å². The Morgan fingerprint density at radius 2 is 1.77 bits per heavy atom. The zero-order valence-electron chi connectivity index (χ0n) is 17.5. The lowest BCUT2D eigenvalue weighted by atomic mass is 9.79. The number of hydrogen-bond acceptors (Lipinski definition) is 3. The molecular formula is C25H24F2N3O+. The average molecular weight is 420 g/mol. The van der Waals surface area contributed by atoms with E-state index >= 15 is 0 Å². The SMILES string of the molecule is CC(C)[NH+]1CC2=C(OC(N)=C(C#N)[C@H]2c2ccccc2F)/C(=C/c2ccccc2F)C1. The van der Waals surface area contributed by atoms with Gasteiger partial charge in [-0.3, -0.25) is 0 Å². The minimum Gasteiger partial charge on any atom is -0.440 e. The molecule has 2 heterocycles. The number of allylic oxidation sites excluding steroid dienone is 1. The van der Waals surface area contributed by atoms with E-state index in [0.29, 0.717) is 30.0 Å². The normalized spacial score (nSPS) is 22.4. The van der Waals surface area contributed by atoms with E-state index in [1.807, 2.05) is 0 Å². The molecule has 2 aromatic carbocycles. The van der Waals surface area contributed by atoms with Crippen LogP contribution in [-0.2, 0) is 4.74 Å². The van der Waals surface area contributed by atoms with Gasteiger partial charge in [-0.05, 0) is 32.1 Å². The zero-order chi connectivity index (χ0) is 22.1. The van der Waals surface area contributed by atoms with Crippen molar-refractivity contribution in [3.05, 3.63) is 99.7 Å². The van der Waals surface area contributed by atoms with Crippen molar-refractivity contribution in [3.63, 3.8) is 0 Å². The molecule has 0 aliphatic carbocycles. The van der Waals surface area contributed by atoms with Crippen LogP contribution < -0.4 is 10.6 Å². The average Bonchev–Trinajstić information content (AvgIpc) is 2.75. The molecule has 4 nitrogen and oxygen atoms in total. The molecule has 0 fully saturated rings. The number of nitrogens with zero attached hydrogens (tertiary/aromatic N) is 1. The molecule has 3 N–H and O–H groups in total. The minimum atomic E-state index is -0.645. The third kappa shape index (κ3) is 3.85. The maximum absolute atomic E-state index is 14.8. The van der Waals surface area contributed by atoms with Gasteiger partial charge in [-0.15, -0.1) is 0 Å². The first-order chi connectivity index (χ1) is 14.9. The zero-order valence-corrected chi connectivity index (χ0v) is 17.5. The third-order valence-electron chi connectivity index (χ3n) is 5.92. The van der Waals surface area contributed by atoms with Gasteiger partial charge in [0.25, 0.3) is 0 Å². The van der Waals surface area contributed by atoms with E-state index in [1.54, 1.807) is 42.5 Å². The fourth-order valence-corrected chi connectivity index (χ4v) is 4.24. The quantitative estimate of drug-likeness (QED) is 0.800. The van der Waals surface area contributed by atoms with Gasteiger partial charge in [-0.25, -0.2) is 8.78 Å². The number of quaternary nitrogens is 1.